The number of phenolic OH excluding ortho intramolecular Hbond substituents is 1. The Balaban J connectivity index is 1.37. The van der Waals surface area contributed by atoms with E-state index in [2.05, 4.69) is 47.4 Å². The minimum absolute atomic E-state index is 0.121. The van der Waals surface area contributed by atoms with Crippen molar-refractivity contribution in [3.63, 3.8) is 0 Å². The van der Waals surface area contributed by atoms with Crippen molar-refractivity contribution in [3.05, 3.63) is 70.9 Å². The molecule has 2 heterocycles. The van der Waals surface area contributed by atoms with Crippen molar-refractivity contribution in [1.82, 2.24) is 9.88 Å². The second-order valence-electron chi connectivity index (χ2n) is 10.6. The van der Waals surface area contributed by atoms with Crippen LogP contribution in [0.15, 0.2) is 48.5 Å². The van der Waals surface area contributed by atoms with Crippen LogP contribution in [-0.4, -0.2) is 34.1 Å². The number of aromatic hydroxyl groups is 1. The van der Waals surface area contributed by atoms with Gasteiger partial charge in [0.25, 0.3) is 0 Å². The molecule has 1 saturated heterocycles. The summed E-state index contributed by atoms with van der Waals surface area (Å²) in [6.45, 7) is 2.48. The lowest BCUT2D eigenvalue weighted by Gasteiger charge is -2.59. The highest BCUT2D eigenvalue weighted by Crippen LogP contribution is 2.55. The van der Waals surface area contributed by atoms with Gasteiger partial charge in [0.2, 0.25) is 0 Å². The van der Waals surface area contributed by atoms with Gasteiger partial charge in [0.05, 0.1) is 5.52 Å². The smallest absolute Gasteiger partial charge is 0.115 e. The topological polar surface area (TPSA) is 36.4 Å². The van der Waals surface area contributed by atoms with Gasteiger partial charge in [-0.15, -0.1) is 0 Å². The molecule has 0 spiro atoms. The number of hydrogen-bond acceptors (Lipinski definition) is 3. The number of pyridine rings is 1. The average molecular weight is 411 g/mol. The van der Waals surface area contributed by atoms with E-state index >= 15 is 0 Å². The summed E-state index contributed by atoms with van der Waals surface area (Å²) >= 11 is 0. The fourth-order valence-corrected chi connectivity index (χ4v) is 7.30. The van der Waals surface area contributed by atoms with Gasteiger partial charge in [0.15, 0.2) is 0 Å². The largest absolute Gasteiger partial charge is 0.508 e. The van der Waals surface area contributed by atoms with E-state index in [9.17, 15) is 5.11 Å². The lowest BCUT2D eigenvalue weighted by Crippen LogP contribution is -2.63. The number of likely N-dealkylation sites (tertiary alicyclic amines) is 1. The van der Waals surface area contributed by atoms with E-state index < -0.39 is 0 Å². The molecule has 1 aliphatic heterocycles. The Labute approximate surface area is 184 Å². The van der Waals surface area contributed by atoms with E-state index in [0.29, 0.717) is 17.7 Å². The van der Waals surface area contributed by atoms with Crippen molar-refractivity contribution in [2.45, 2.75) is 56.4 Å². The summed E-state index contributed by atoms with van der Waals surface area (Å²) in [5, 5.41) is 11.7. The molecular weight excluding hydrogens is 380 g/mol. The van der Waals surface area contributed by atoms with Crippen molar-refractivity contribution in [1.29, 1.82) is 0 Å². The molecule has 3 heteroatoms. The molecule has 1 N–H and O–H groups in total. The third-order valence-electron chi connectivity index (χ3n) is 9.08. The van der Waals surface area contributed by atoms with Gasteiger partial charge in [-0.1, -0.05) is 30.7 Å². The summed E-state index contributed by atoms with van der Waals surface area (Å²) in [6.07, 6.45) is 8.71. The molecule has 3 atom stereocenters. The molecular formula is C28H30N2O. The zero-order valence-corrected chi connectivity index (χ0v) is 18.1. The van der Waals surface area contributed by atoms with Gasteiger partial charge in [-0.3, -0.25) is 9.88 Å². The normalized spacial score (nSPS) is 29.7. The number of aromatic nitrogens is 1. The minimum Gasteiger partial charge on any atom is -0.508 e. The molecule has 2 bridgehead atoms. The second-order valence-corrected chi connectivity index (χ2v) is 10.6. The Bertz CT molecular complexity index is 1180. The van der Waals surface area contributed by atoms with Crippen LogP contribution in [0.25, 0.3) is 10.9 Å². The SMILES string of the molecule is Oc1ccc2c(c1)[C@]13CCN(CC4CCC4)[C@H](C2)[C@@H]1Cc1cc2ccccc2nc1C3. The maximum atomic E-state index is 10.4. The number of rotatable bonds is 2. The minimum atomic E-state index is 0.121. The highest BCUT2D eigenvalue weighted by Gasteiger charge is 2.55. The van der Waals surface area contributed by atoms with Gasteiger partial charge in [-0.2, -0.15) is 0 Å². The quantitative estimate of drug-likeness (QED) is 0.644. The summed E-state index contributed by atoms with van der Waals surface area (Å²) in [5.41, 5.74) is 6.85. The highest BCUT2D eigenvalue weighted by molar-refractivity contribution is 5.79. The number of piperidine rings is 1. The highest BCUT2D eigenvalue weighted by atomic mass is 16.3. The second kappa shape index (κ2) is 6.56. The first kappa shape index (κ1) is 18.2. The number of benzene rings is 2. The molecule has 3 aromatic rings. The Hall–Kier alpha value is -2.39. The van der Waals surface area contributed by atoms with Gasteiger partial charge >= 0.3 is 0 Å². The van der Waals surface area contributed by atoms with E-state index in [0.717, 1.165) is 30.7 Å². The van der Waals surface area contributed by atoms with Crippen LogP contribution in [0.5, 0.6) is 5.75 Å². The molecule has 7 rings (SSSR count). The average Bonchev–Trinajstić information content (AvgIpc) is 2.75. The molecule has 0 unspecified atom stereocenters. The lowest BCUT2D eigenvalue weighted by molar-refractivity contribution is -0.00811. The van der Waals surface area contributed by atoms with Crippen LogP contribution in [0.2, 0.25) is 0 Å². The van der Waals surface area contributed by atoms with Crippen LogP contribution in [0.4, 0.5) is 0 Å². The number of fused-ring (bicyclic) bond motifs is 3. The Morgan fingerprint density at radius 2 is 1.94 bits per heavy atom. The molecule has 31 heavy (non-hydrogen) atoms. The van der Waals surface area contributed by atoms with E-state index in [4.69, 9.17) is 4.98 Å². The van der Waals surface area contributed by atoms with Crippen LogP contribution in [0.1, 0.15) is 48.1 Å². The molecule has 1 aromatic heterocycles. The molecule has 3 nitrogen and oxygen atoms in total. The fourth-order valence-electron chi connectivity index (χ4n) is 7.30. The summed E-state index contributed by atoms with van der Waals surface area (Å²) in [4.78, 5) is 8.01. The van der Waals surface area contributed by atoms with E-state index in [1.165, 1.54) is 66.5 Å². The molecule has 1 saturated carbocycles. The number of nitrogens with zero attached hydrogens (tertiary/aromatic N) is 2. The van der Waals surface area contributed by atoms with Gasteiger partial charge in [0, 0.05) is 35.5 Å². The Kier molecular flexibility index (Phi) is 3.85. The van der Waals surface area contributed by atoms with Crippen molar-refractivity contribution in [2.24, 2.45) is 11.8 Å². The van der Waals surface area contributed by atoms with Crippen molar-refractivity contribution in [2.75, 3.05) is 13.1 Å². The third kappa shape index (κ3) is 2.65. The predicted molar refractivity (Wildman–Crippen MR) is 123 cm³/mol. The maximum Gasteiger partial charge on any atom is 0.115 e. The number of phenols is 1. The zero-order chi connectivity index (χ0) is 20.6. The number of hydrogen-bond donors (Lipinski definition) is 1. The standard InChI is InChI=1S/C28H30N2O/c31-22-9-8-19-14-27-24-13-21-12-20-6-1-2-7-25(20)29-26(21)16-28(24,23(19)15-22)10-11-30(27)17-18-4-3-5-18/h1-2,6-9,12,15,18,24,27,31H,3-5,10-11,13-14,16-17H2/t24-,27+,28+/m0/s1. The fraction of sp³-hybridized carbons (Fsp3) is 0.464. The van der Waals surface area contributed by atoms with Gasteiger partial charge in [0.1, 0.15) is 5.75 Å². The molecule has 4 aliphatic rings. The summed E-state index contributed by atoms with van der Waals surface area (Å²) in [6, 6.07) is 17.8. The summed E-state index contributed by atoms with van der Waals surface area (Å²) < 4.78 is 0. The van der Waals surface area contributed by atoms with Crippen LogP contribution in [0, 0.1) is 11.8 Å². The first-order valence-electron chi connectivity index (χ1n) is 12.1. The van der Waals surface area contributed by atoms with Crippen LogP contribution in [0.3, 0.4) is 0 Å². The maximum absolute atomic E-state index is 10.4. The van der Waals surface area contributed by atoms with Crippen LogP contribution < -0.4 is 0 Å². The van der Waals surface area contributed by atoms with E-state index in [-0.39, 0.29) is 5.41 Å². The molecule has 2 aromatic carbocycles. The van der Waals surface area contributed by atoms with Crippen molar-refractivity contribution in [3.8, 4) is 5.75 Å². The number of para-hydroxylation sites is 1. The molecule has 2 fully saturated rings. The molecule has 0 radical (unpaired) electrons. The van der Waals surface area contributed by atoms with E-state index in [1.807, 2.05) is 6.07 Å². The van der Waals surface area contributed by atoms with Gasteiger partial charge < -0.3 is 5.11 Å². The monoisotopic (exact) mass is 410 g/mol. The summed E-state index contributed by atoms with van der Waals surface area (Å²) in [7, 11) is 0. The Morgan fingerprint density at radius 3 is 2.81 bits per heavy atom. The first-order valence-corrected chi connectivity index (χ1v) is 12.1. The molecule has 3 aliphatic carbocycles. The van der Waals surface area contributed by atoms with Gasteiger partial charge in [-0.05, 0) is 91.4 Å². The lowest BCUT2D eigenvalue weighted by atomic mass is 9.52. The Morgan fingerprint density at radius 1 is 1.03 bits per heavy atom. The predicted octanol–water partition coefficient (Wildman–Crippen LogP) is 5.02. The zero-order valence-electron chi connectivity index (χ0n) is 18.1. The van der Waals surface area contributed by atoms with Crippen LogP contribution in [-0.2, 0) is 24.7 Å². The molecule has 0 amide bonds. The van der Waals surface area contributed by atoms with Crippen molar-refractivity contribution >= 4 is 10.9 Å². The summed E-state index contributed by atoms with van der Waals surface area (Å²) in [5.74, 6) is 1.95. The first-order chi connectivity index (χ1) is 15.2. The van der Waals surface area contributed by atoms with Gasteiger partial charge in [-0.25, -0.2) is 0 Å². The van der Waals surface area contributed by atoms with Crippen molar-refractivity contribution < 1.29 is 5.11 Å². The van der Waals surface area contributed by atoms with Crippen LogP contribution >= 0.6 is 0 Å². The third-order valence-corrected chi connectivity index (χ3v) is 9.08. The molecule has 158 valence electrons. The van der Waals surface area contributed by atoms with E-state index in [1.54, 1.807) is 0 Å².